The Morgan fingerprint density at radius 1 is 0.933 bits per heavy atom. The fourth-order valence-corrected chi connectivity index (χ4v) is 0.304. The molecule has 1 rings (SSSR count). The van der Waals surface area contributed by atoms with Crippen molar-refractivity contribution in [3.63, 3.8) is 0 Å². The summed E-state index contributed by atoms with van der Waals surface area (Å²) in [5.74, 6) is 0. The molecule has 15 heavy (non-hydrogen) atoms. The Hall–Kier alpha value is 0.223. The van der Waals surface area contributed by atoms with Crippen LogP contribution < -0.4 is 9.79 Å². The zero-order valence-electron chi connectivity index (χ0n) is 10.6. The van der Waals surface area contributed by atoms with E-state index in [0.29, 0.717) is 12.1 Å². The van der Waals surface area contributed by atoms with E-state index in [2.05, 4.69) is 0 Å². The van der Waals surface area contributed by atoms with Gasteiger partial charge in [-0.1, -0.05) is 36.4 Å². The van der Waals surface area contributed by atoms with Gasteiger partial charge in [0.2, 0.25) is 0 Å². The minimum absolute atomic E-state index is 0. The SMILES string of the molecule is C[PH](=O)[O-].C[PH](=O)[O-].[2H]c1ccc([2H])cc1.[Zn+2]. The molecule has 7 heteroatoms. The van der Waals surface area contributed by atoms with Gasteiger partial charge in [0, 0.05) is 0 Å². The first-order chi connectivity index (χ1) is 7.25. The van der Waals surface area contributed by atoms with Gasteiger partial charge < -0.3 is 18.9 Å². The third-order valence-corrected chi connectivity index (χ3v) is 0.552. The molecule has 2 atom stereocenters. The molecule has 0 bridgehead atoms. The van der Waals surface area contributed by atoms with Gasteiger partial charge >= 0.3 is 19.5 Å². The van der Waals surface area contributed by atoms with Crippen LogP contribution in [0.1, 0.15) is 2.74 Å². The van der Waals surface area contributed by atoms with Crippen molar-refractivity contribution < 1.29 is 41.1 Å². The van der Waals surface area contributed by atoms with E-state index < -0.39 is 16.1 Å². The van der Waals surface area contributed by atoms with Gasteiger partial charge in [-0.05, 0) is 29.4 Å². The number of hydrogen-bond acceptors (Lipinski definition) is 4. The molecule has 0 saturated heterocycles. The largest absolute Gasteiger partial charge is 2.00 e. The predicted molar refractivity (Wildman–Crippen MR) is 56.3 cm³/mol. The minimum atomic E-state index is -2.38. The monoisotopic (exact) mass is 302 g/mol. The molecule has 0 aliphatic rings. The summed E-state index contributed by atoms with van der Waals surface area (Å²) in [6.45, 7) is 2.31. The van der Waals surface area contributed by atoms with Gasteiger partial charge in [-0.2, -0.15) is 0 Å². The maximum Gasteiger partial charge on any atom is 2.00 e. The van der Waals surface area contributed by atoms with E-state index in [1.165, 1.54) is 0 Å². The zero-order chi connectivity index (χ0) is 13.1. The Morgan fingerprint density at radius 2 is 1.07 bits per heavy atom. The van der Waals surface area contributed by atoms with Gasteiger partial charge in [0.05, 0.1) is 2.74 Å². The molecular formula is C8H14O4P2Zn. The van der Waals surface area contributed by atoms with Gasteiger partial charge in [-0.25, -0.2) is 0 Å². The minimum Gasteiger partial charge on any atom is -0.802 e. The molecule has 0 spiro atoms. The first kappa shape index (κ1) is 15.2. The summed E-state index contributed by atoms with van der Waals surface area (Å²) in [5.41, 5.74) is 0. The van der Waals surface area contributed by atoms with E-state index in [0.717, 1.165) is 13.3 Å². The van der Waals surface area contributed by atoms with E-state index in [-0.39, 0.29) is 19.5 Å². The molecule has 0 aromatic heterocycles. The molecule has 1 aromatic carbocycles. The maximum absolute atomic E-state index is 9.07. The first-order valence-electron chi connectivity index (χ1n) is 4.64. The third kappa shape index (κ3) is 54.9. The van der Waals surface area contributed by atoms with Gasteiger partial charge in [0.15, 0.2) is 0 Å². The summed E-state index contributed by atoms with van der Waals surface area (Å²) in [6.07, 6.45) is 0. The van der Waals surface area contributed by atoms with Crippen molar-refractivity contribution in [3.8, 4) is 0 Å². The summed E-state index contributed by atoms with van der Waals surface area (Å²) in [7, 11) is -4.76. The summed E-state index contributed by atoms with van der Waals surface area (Å²) in [6, 6.07) is 7.32. The van der Waals surface area contributed by atoms with Gasteiger partial charge in [0.25, 0.3) is 0 Å². The molecule has 4 nitrogen and oxygen atoms in total. The molecule has 1 aromatic rings. The maximum atomic E-state index is 9.07. The van der Waals surface area contributed by atoms with E-state index in [1.54, 1.807) is 24.3 Å². The number of benzene rings is 1. The van der Waals surface area contributed by atoms with Crippen molar-refractivity contribution in [2.24, 2.45) is 0 Å². The predicted octanol–water partition coefficient (Wildman–Crippen LogP) is 0.586. The Morgan fingerprint density at radius 3 is 1.20 bits per heavy atom. The van der Waals surface area contributed by atoms with Crippen LogP contribution in [-0.4, -0.2) is 13.3 Å². The molecule has 0 heterocycles. The first-order valence-corrected chi connectivity index (χ1v) is 7.27. The van der Waals surface area contributed by atoms with Crippen molar-refractivity contribution in [1.82, 2.24) is 0 Å². The van der Waals surface area contributed by atoms with Crippen LogP contribution in [0.4, 0.5) is 0 Å². The molecule has 0 amide bonds. The van der Waals surface area contributed by atoms with Crippen LogP contribution in [-0.2, 0) is 28.6 Å². The summed E-state index contributed by atoms with van der Waals surface area (Å²) < 4.78 is 32.2. The Balaban J connectivity index is -0.000000189. The van der Waals surface area contributed by atoms with Crippen LogP contribution in [0.3, 0.4) is 0 Å². The normalized spacial score (nSPS) is 13.3. The van der Waals surface area contributed by atoms with Gasteiger partial charge in [0.1, 0.15) is 0 Å². The fourth-order valence-electron chi connectivity index (χ4n) is 0.304. The number of hydrogen-bond donors (Lipinski definition) is 0. The van der Waals surface area contributed by atoms with Crippen LogP contribution in [0.25, 0.3) is 0 Å². The molecule has 0 aliphatic carbocycles. The van der Waals surface area contributed by atoms with Crippen molar-refractivity contribution in [2.75, 3.05) is 13.3 Å². The van der Waals surface area contributed by atoms with Crippen molar-refractivity contribution in [3.05, 3.63) is 36.4 Å². The average Bonchev–Trinajstić information content (AvgIpc) is 2.08. The van der Waals surface area contributed by atoms with E-state index >= 15 is 0 Å². The molecule has 2 unspecified atom stereocenters. The third-order valence-electron chi connectivity index (χ3n) is 0.552. The second kappa shape index (κ2) is 16.6. The molecule has 0 saturated carbocycles. The molecule has 0 aliphatic heterocycles. The molecule has 0 N–H and O–H groups in total. The quantitative estimate of drug-likeness (QED) is 0.519. The van der Waals surface area contributed by atoms with Gasteiger partial charge in [-0.3, -0.25) is 0 Å². The topological polar surface area (TPSA) is 80.3 Å². The smallest absolute Gasteiger partial charge is 0.802 e. The average molecular weight is 304 g/mol. The zero-order valence-corrected chi connectivity index (χ0v) is 13.6. The van der Waals surface area contributed by atoms with Crippen LogP contribution in [0, 0.1) is 0 Å². The molecule has 0 radical (unpaired) electrons. The van der Waals surface area contributed by atoms with Crippen molar-refractivity contribution in [1.29, 1.82) is 0 Å². The van der Waals surface area contributed by atoms with Crippen LogP contribution in [0.15, 0.2) is 36.4 Å². The molecular weight excluding hydrogens is 287 g/mol. The Labute approximate surface area is 107 Å². The fraction of sp³-hybridized carbons (Fsp3) is 0.250. The Kier molecular flexibility index (Phi) is 16.9. The van der Waals surface area contributed by atoms with E-state index in [1.807, 2.05) is 0 Å². The van der Waals surface area contributed by atoms with Crippen LogP contribution in [0.2, 0.25) is 0 Å². The molecule has 82 valence electrons. The Bertz CT molecular complexity index is 294. The summed E-state index contributed by atoms with van der Waals surface area (Å²) >= 11 is 0. The standard InChI is InChI=1S/C6H6.2CH5O2P.Zn/c1-2-4-6-5-3-1;2*1-4(2)3;/h1-6H;2*4H,1H3,(H,2,3);/q;;;+2/p-2/i1D,6D;;;. The van der Waals surface area contributed by atoms with Crippen LogP contribution >= 0.6 is 16.1 Å². The second-order valence-electron chi connectivity index (χ2n) is 1.98. The number of rotatable bonds is 0. The summed E-state index contributed by atoms with van der Waals surface area (Å²) in [5, 5.41) is 0. The second-order valence-corrected chi connectivity index (χ2v) is 3.95. The molecule has 0 fully saturated rings. The van der Waals surface area contributed by atoms with Crippen LogP contribution in [0.5, 0.6) is 0 Å². The van der Waals surface area contributed by atoms with E-state index in [4.69, 9.17) is 21.7 Å². The van der Waals surface area contributed by atoms with Crippen molar-refractivity contribution in [2.45, 2.75) is 0 Å². The van der Waals surface area contributed by atoms with Gasteiger partial charge in [-0.15, -0.1) is 0 Å². The van der Waals surface area contributed by atoms with Crippen molar-refractivity contribution >= 4 is 16.1 Å². The summed E-state index contributed by atoms with van der Waals surface area (Å²) in [4.78, 5) is 18.1. The van der Waals surface area contributed by atoms with E-state index in [9.17, 15) is 0 Å².